The number of imide groups is 1. The molecule has 0 radical (unpaired) electrons. The maximum absolute atomic E-state index is 12.1. The van der Waals surface area contributed by atoms with Gasteiger partial charge < -0.3 is 15.3 Å². The minimum Gasteiger partial charge on any atom is -0.481 e. The molecule has 2 aliphatic heterocycles. The van der Waals surface area contributed by atoms with Crippen LogP contribution in [0.3, 0.4) is 0 Å². The molecule has 0 spiro atoms. The van der Waals surface area contributed by atoms with Gasteiger partial charge in [-0.2, -0.15) is 0 Å². The van der Waals surface area contributed by atoms with Gasteiger partial charge in [-0.25, -0.2) is 4.79 Å². The zero-order valence-corrected chi connectivity index (χ0v) is 11.4. The van der Waals surface area contributed by atoms with Crippen molar-refractivity contribution >= 4 is 23.8 Å². The van der Waals surface area contributed by atoms with Crippen molar-refractivity contribution in [2.75, 3.05) is 19.6 Å². The summed E-state index contributed by atoms with van der Waals surface area (Å²) in [5.41, 5.74) is -0.962. The van der Waals surface area contributed by atoms with Crippen LogP contribution in [0, 0.1) is 5.92 Å². The number of rotatable bonds is 4. The van der Waals surface area contributed by atoms with Crippen LogP contribution in [0.2, 0.25) is 0 Å². The van der Waals surface area contributed by atoms with Crippen molar-refractivity contribution in [3.05, 3.63) is 0 Å². The molecule has 8 nitrogen and oxygen atoms in total. The van der Waals surface area contributed by atoms with Crippen molar-refractivity contribution in [2.24, 2.45) is 5.92 Å². The topological polar surface area (TPSA) is 107 Å². The van der Waals surface area contributed by atoms with Gasteiger partial charge in [-0.3, -0.25) is 19.3 Å². The number of urea groups is 1. The molecule has 2 N–H and O–H groups in total. The second kappa shape index (κ2) is 4.77. The lowest BCUT2D eigenvalue weighted by Crippen LogP contribution is -2.56. The highest BCUT2D eigenvalue weighted by Crippen LogP contribution is 2.22. The van der Waals surface area contributed by atoms with Crippen molar-refractivity contribution in [2.45, 2.75) is 25.8 Å². The van der Waals surface area contributed by atoms with Crippen molar-refractivity contribution in [3.63, 3.8) is 0 Å². The monoisotopic (exact) mass is 283 g/mol. The zero-order chi connectivity index (χ0) is 15.1. The fourth-order valence-electron chi connectivity index (χ4n) is 2.20. The van der Waals surface area contributed by atoms with Crippen LogP contribution in [-0.2, 0) is 14.4 Å². The number of carboxylic acid groups (broad SMARTS) is 1. The van der Waals surface area contributed by atoms with Crippen molar-refractivity contribution in [3.8, 4) is 0 Å². The Morgan fingerprint density at radius 2 is 2.00 bits per heavy atom. The first kappa shape index (κ1) is 14.3. The number of hydrogen-bond acceptors (Lipinski definition) is 4. The van der Waals surface area contributed by atoms with Gasteiger partial charge in [0.25, 0.3) is 5.91 Å². The summed E-state index contributed by atoms with van der Waals surface area (Å²) < 4.78 is 0. The molecule has 2 saturated heterocycles. The summed E-state index contributed by atoms with van der Waals surface area (Å²) in [7, 11) is 0. The predicted molar refractivity (Wildman–Crippen MR) is 66.6 cm³/mol. The molecule has 0 aromatic heterocycles. The van der Waals surface area contributed by atoms with Gasteiger partial charge in [-0.15, -0.1) is 0 Å². The molecular weight excluding hydrogens is 266 g/mol. The van der Waals surface area contributed by atoms with Gasteiger partial charge in [0.15, 0.2) is 0 Å². The molecule has 4 amide bonds. The van der Waals surface area contributed by atoms with Crippen LogP contribution >= 0.6 is 0 Å². The van der Waals surface area contributed by atoms with Gasteiger partial charge >= 0.3 is 12.0 Å². The Morgan fingerprint density at radius 3 is 2.45 bits per heavy atom. The van der Waals surface area contributed by atoms with E-state index in [1.807, 2.05) is 0 Å². The molecule has 1 unspecified atom stereocenters. The predicted octanol–water partition coefficient (Wildman–Crippen LogP) is -0.750. The second-order valence-electron chi connectivity index (χ2n) is 5.34. The van der Waals surface area contributed by atoms with Gasteiger partial charge in [0.2, 0.25) is 5.91 Å². The first-order valence-electron chi connectivity index (χ1n) is 6.43. The number of carbonyl (C=O) groups excluding carboxylic acids is 3. The third-order valence-corrected chi connectivity index (χ3v) is 3.93. The molecule has 2 heterocycles. The van der Waals surface area contributed by atoms with Crippen LogP contribution in [0.1, 0.15) is 20.3 Å². The van der Waals surface area contributed by atoms with Crippen LogP contribution in [-0.4, -0.2) is 63.9 Å². The first-order valence-corrected chi connectivity index (χ1v) is 6.43. The highest BCUT2D eigenvalue weighted by Gasteiger charge is 2.48. The van der Waals surface area contributed by atoms with E-state index < -0.39 is 35.3 Å². The van der Waals surface area contributed by atoms with Crippen molar-refractivity contribution in [1.29, 1.82) is 0 Å². The third kappa shape index (κ3) is 2.21. The molecule has 20 heavy (non-hydrogen) atoms. The normalized spacial score (nSPS) is 26.5. The number of carboxylic acids is 1. The Labute approximate surface area is 115 Å². The third-order valence-electron chi connectivity index (χ3n) is 3.93. The maximum Gasteiger partial charge on any atom is 0.325 e. The van der Waals surface area contributed by atoms with E-state index in [0.717, 1.165) is 4.90 Å². The van der Waals surface area contributed by atoms with Crippen LogP contribution in [0.15, 0.2) is 0 Å². The van der Waals surface area contributed by atoms with Crippen molar-refractivity contribution < 1.29 is 24.3 Å². The van der Waals surface area contributed by atoms with Crippen LogP contribution in [0.5, 0.6) is 0 Å². The Kier molecular flexibility index (Phi) is 3.41. The van der Waals surface area contributed by atoms with E-state index in [9.17, 15) is 19.2 Å². The quantitative estimate of drug-likeness (QED) is 0.660. The minimum atomic E-state index is -0.962. The van der Waals surface area contributed by atoms with E-state index in [-0.39, 0.29) is 19.6 Å². The summed E-state index contributed by atoms with van der Waals surface area (Å²) in [5.74, 6) is -2.33. The van der Waals surface area contributed by atoms with E-state index in [1.165, 1.54) is 4.90 Å². The fourth-order valence-corrected chi connectivity index (χ4v) is 2.20. The van der Waals surface area contributed by atoms with Gasteiger partial charge in [0.1, 0.15) is 12.1 Å². The van der Waals surface area contributed by atoms with Gasteiger partial charge in [0, 0.05) is 13.1 Å². The number of nitrogens with zero attached hydrogens (tertiary/aromatic N) is 2. The van der Waals surface area contributed by atoms with Gasteiger partial charge in [-0.1, -0.05) is 6.92 Å². The number of amides is 4. The van der Waals surface area contributed by atoms with E-state index in [2.05, 4.69) is 5.32 Å². The molecule has 2 rings (SSSR count). The number of likely N-dealkylation sites (tertiary alicyclic amines) is 1. The van der Waals surface area contributed by atoms with E-state index in [4.69, 9.17) is 5.11 Å². The number of aliphatic carboxylic acids is 1. The molecule has 0 bridgehead atoms. The van der Waals surface area contributed by atoms with Crippen LogP contribution < -0.4 is 5.32 Å². The standard InChI is InChI=1S/C12H17N3O5/c1-3-12(2)10(19)15(11(20)13-12)6-8(16)14-4-7(5-14)9(17)18/h7H,3-6H2,1-2H3,(H,13,20)(H,17,18). The molecule has 2 aliphatic rings. The Balaban J connectivity index is 1.94. The lowest BCUT2D eigenvalue weighted by Gasteiger charge is -2.37. The average molecular weight is 283 g/mol. The molecular formula is C12H17N3O5. The summed E-state index contributed by atoms with van der Waals surface area (Å²) in [6.07, 6.45) is 0.438. The summed E-state index contributed by atoms with van der Waals surface area (Å²) in [6, 6.07) is -0.581. The molecule has 0 aromatic carbocycles. The van der Waals surface area contributed by atoms with E-state index in [1.54, 1.807) is 13.8 Å². The minimum absolute atomic E-state index is 0.128. The number of carbonyl (C=O) groups is 4. The smallest absolute Gasteiger partial charge is 0.325 e. The fraction of sp³-hybridized carbons (Fsp3) is 0.667. The zero-order valence-electron chi connectivity index (χ0n) is 11.4. The number of hydrogen-bond donors (Lipinski definition) is 2. The van der Waals surface area contributed by atoms with E-state index >= 15 is 0 Å². The summed E-state index contributed by atoms with van der Waals surface area (Å²) in [5, 5.41) is 11.3. The van der Waals surface area contributed by atoms with Gasteiger partial charge in [0.05, 0.1) is 5.92 Å². The van der Waals surface area contributed by atoms with Gasteiger partial charge in [-0.05, 0) is 13.3 Å². The van der Waals surface area contributed by atoms with E-state index in [0.29, 0.717) is 6.42 Å². The van der Waals surface area contributed by atoms with Crippen LogP contribution in [0.25, 0.3) is 0 Å². The lowest BCUT2D eigenvalue weighted by atomic mass is 9.99. The Hall–Kier alpha value is -2.12. The molecule has 1 atom stereocenters. The SMILES string of the molecule is CCC1(C)NC(=O)N(CC(=O)N2CC(C(=O)O)C2)C1=O. The Bertz CT molecular complexity index is 485. The average Bonchev–Trinajstić information content (AvgIpc) is 2.51. The Morgan fingerprint density at radius 1 is 1.40 bits per heavy atom. The molecule has 0 aromatic rings. The molecule has 0 saturated carbocycles. The summed E-state index contributed by atoms with van der Waals surface area (Å²) >= 11 is 0. The van der Waals surface area contributed by atoms with Crippen LogP contribution in [0.4, 0.5) is 4.79 Å². The number of nitrogens with one attached hydrogen (secondary N) is 1. The van der Waals surface area contributed by atoms with Crippen molar-refractivity contribution in [1.82, 2.24) is 15.1 Å². The summed E-state index contributed by atoms with van der Waals surface area (Å²) in [6.45, 7) is 3.30. The largest absolute Gasteiger partial charge is 0.481 e. The molecule has 0 aliphatic carbocycles. The molecule has 110 valence electrons. The maximum atomic E-state index is 12.1. The highest BCUT2D eigenvalue weighted by atomic mass is 16.4. The summed E-state index contributed by atoms with van der Waals surface area (Å²) in [4.78, 5) is 48.6. The molecule has 2 fully saturated rings. The molecule has 8 heteroatoms. The lowest BCUT2D eigenvalue weighted by molar-refractivity contribution is -0.154. The second-order valence-corrected chi connectivity index (χ2v) is 5.34. The first-order chi connectivity index (χ1) is 9.28. The highest BCUT2D eigenvalue weighted by molar-refractivity contribution is 6.08.